The molecule has 150 valence electrons. The first-order chi connectivity index (χ1) is 14.2. The van der Waals surface area contributed by atoms with Crippen LogP contribution in [0.3, 0.4) is 0 Å². The zero-order chi connectivity index (χ0) is 20.1. The molecular formula is C23H27N5O. The SMILES string of the molecule is Cc1cc(-n2nc(CCc3ccccc3)nc2CN2CCCCCC2=O)ccn1. The van der Waals surface area contributed by atoms with Crippen LogP contribution in [-0.2, 0) is 24.2 Å². The monoisotopic (exact) mass is 389 g/mol. The molecule has 0 saturated carbocycles. The fourth-order valence-electron chi connectivity index (χ4n) is 3.75. The van der Waals surface area contributed by atoms with Gasteiger partial charge in [0.1, 0.15) is 0 Å². The van der Waals surface area contributed by atoms with Gasteiger partial charge in [-0.05, 0) is 43.9 Å². The van der Waals surface area contributed by atoms with Gasteiger partial charge in [-0.15, -0.1) is 0 Å². The topological polar surface area (TPSA) is 63.9 Å². The van der Waals surface area contributed by atoms with Gasteiger partial charge in [0.05, 0.1) is 12.2 Å². The molecule has 1 aromatic carbocycles. The highest BCUT2D eigenvalue weighted by Gasteiger charge is 2.21. The lowest BCUT2D eigenvalue weighted by atomic mass is 10.1. The number of aryl methyl sites for hydroxylation is 3. The Bertz CT molecular complexity index is 966. The van der Waals surface area contributed by atoms with Gasteiger partial charge in [-0.25, -0.2) is 9.67 Å². The molecule has 1 aliphatic rings. The van der Waals surface area contributed by atoms with Crippen molar-refractivity contribution < 1.29 is 4.79 Å². The summed E-state index contributed by atoms with van der Waals surface area (Å²) >= 11 is 0. The van der Waals surface area contributed by atoms with E-state index in [1.165, 1.54) is 5.56 Å². The van der Waals surface area contributed by atoms with Crippen LogP contribution in [0.1, 0.15) is 48.6 Å². The maximum Gasteiger partial charge on any atom is 0.222 e. The first-order valence-corrected chi connectivity index (χ1v) is 10.4. The molecule has 0 unspecified atom stereocenters. The second-order valence-corrected chi connectivity index (χ2v) is 7.62. The van der Waals surface area contributed by atoms with Gasteiger partial charge in [-0.3, -0.25) is 9.78 Å². The summed E-state index contributed by atoms with van der Waals surface area (Å²) in [5, 5.41) is 4.79. The normalized spacial score (nSPS) is 14.8. The quantitative estimate of drug-likeness (QED) is 0.645. The number of carbonyl (C=O) groups is 1. The van der Waals surface area contributed by atoms with Gasteiger partial charge in [0.25, 0.3) is 0 Å². The minimum atomic E-state index is 0.216. The Kier molecular flexibility index (Phi) is 5.98. The molecule has 3 heterocycles. The molecule has 29 heavy (non-hydrogen) atoms. The first-order valence-electron chi connectivity index (χ1n) is 10.4. The van der Waals surface area contributed by atoms with E-state index in [2.05, 4.69) is 29.2 Å². The Labute approximate surface area is 171 Å². The maximum absolute atomic E-state index is 12.5. The number of carbonyl (C=O) groups excluding carboxylic acids is 1. The van der Waals surface area contributed by atoms with Crippen LogP contribution in [0.4, 0.5) is 0 Å². The Morgan fingerprint density at radius 1 is 1.03 bits per heavy atom. The average molecular weight is 390 g/mol. The molecule has 6 heteroatoms. The molecule has 0 radical (unpaired) electrons. The summed E-state index contributed by atoms with van der Waals surface area (Å²) < 4.78 is 1.88. The van der Waals surface area contributed by atoms with Gasteiger partial charge in [0, 0.05) is 31.3 Å². The van der Waals surface area contributed by atoms with Gasteiger partial charge < -0.3 is 4.90 Å². The number of pyridine rings is 1. The Morgan fingerprint density at radius 2 is 1.90 bits per heavy atom. The smallest absolute Gasteiger partial charge is 0.222 e. The highest BCUT2D eigenvalue weighted by Crippen LogP contribution is 2.17. The molecule has 6 nitrogen and oxygen atoms in total. The van der Waals surface area contributed by atoms with Gasteiger partial charge in [-0.2, -0.15) is 5.10 Å². The molecule has 0 N–H and O–H groups in total. The van der Waals surface area contributed by atoms with E-state index < -0.39 is 0 Å². The third kappa shape index (κ3) is 4.88. The minimum absolute atomic E-state index is 0.216. The zero-order valence-corrected chi connectivity index (χ0v) is 16.9. The van der Waals surface area contributed by atoms with E-state index in [1.807, 2.05) is 34.7 Å². The Morgan fingerprint density at radius 3 is 2.72 bits per heavy atom. The van der Waals surface area contributed by atoms with Crippen molar-refractivity contribution in [2.24, 2.45) is 0 Å². The van der Waals surface area contributed by atoms with E-state index >= 15 is 0 Å². The van der Waals surface area contributed by atoms with Crippen LogP contribution >= 0.6 is 0 Å². The summed E-state index contributed by atoms with van der Waals surface area (Å²) in [6.45, 7) is 3.26. The highest BCUT2D eigenvalue weighted by atomic mass is 16.2. The summed E-state index contributed by atoms with van der Waals surface area (Å²) in [5.74, 6) is 1.84. The summed E-state index contributed by atoms with van der Waals surface area (Å²) in [6, 6.07) is 14.3. The predicted molar refractivity (Wildman–Crippen MR) is 112 cm³/mol. The molecule has 0 aliphatic carbocycles. The van der Waals surface area contributed by atoms with Crippen molar-refractivity contribution in [1.82, 2.24) is 24.6 Å². The maximum atomic E-state index is 12.5. The number of hydrogen-bond acceptors (Lipinski definition) is 4. The van der Waals surface area contributed by atoms with Crippen LogP contribution < -0.4 is 0 Å². The van der Waals surface area contributed by atoms with Gasteiger partial charge >= 0.3 is 0 Å². The standard InChI is InChI=1S/C23H27N5O/c1-18-16-20(13-14-24-18)28-22(17-27-15-7-3-6-10-23(27)29)25-21(26-28)12-11-19-8-4-2-5-9-19/h2,4-5,8-9,13-14,16H,3,6-7,10-12,15,17H2,1H3. The molecular weight excluding hydrogens is 362 g/mol. The molecule has 0 spiro atoms. The van der Waals surface area contributed by atoms with E-state index in [9.17, 15) is 4.79 Å². The van der Waals surface area contributed by atoms with Gasteiger partial charge in [0.15, 0.2) is 11.6 Å². The third-order valence-corrected chi connectivity index (χ3v) is 5.33. The van der Waals surface area contributed by atoms with E-state index in [1.54, 1.807) is 6.20 Å². The number of amides is 1. The van der Waals surface area contributed by atoms with Crippen LogP contribution in [0.15, 0.2) is 48.7 Å². The second kappa shape index (κ2) is 8.99. The molecule has 3 aromatic rings. The number of rotatable bonds is 6. The average Bonchev–Trinajstić information content (AvgIpc) is 3.03. The van der Waals surface area contributed by atoms with Crippen LogP contribution in [0.25, 0.3) is 5.69 Å². The number of aromatic nitrogens is 4. The minimum Gasteiger partial charge on any atom is -0.335 e. The van der Waals surface area contributed by atoms with Crippen molar-refractivity contribution in [2.45, 2.75) is 52.0 Å². The van der Waals surface area contributed by atoms with Gasteiger partial charge in [-0.1, -0.05) is 36.8 Å². The largest absolute Gasteiger partial charge is 0.335 e. The summed E-state index contributed by atoms with van der Waals surface area (Å²) in [4.78, 5) is 23.5. The highest BCUT2D eigenvalue weighted by molar-refractivity contribution is 5.76. The fraction of sp³-hybridized carbons (Fsp3) is 0.391. The molecule has 0 atom stereocenters. The fourth-order valence-corrected chi connectivity index (χ4v) is 3.75. The number of nitrogens with zero attached hydrogens (tertiary/aromatic N) is 5. The number of benzene rings is 1. The summed E-state index contributed by atoms with van der Waals surface area (Å²) in [6.07, 6.45) is 7.22. The lowest BCUT2D eigenvalue weighted by molar-refractivity contribution is -0.131. The van der Waals surface area contributed by atoms with E-state index in [0.717, 1.165) is 61.7 Å². The first kappa shape index (κ1) is 19.3. The third-order valence-electron chi connectivity index (χ3n) is 5.33. The molecule has 1 aliphatic heterocycles. The van der Waals surface area contributed by atoms with Crippen molar-refractivity contribution in [2.75, 3.05) is 6.54 Å². The van der Waals surface area contributed by atoms with Crippen molar-refractivity contribution in [3.8, 4) is 5.69 Å². The Hall–Kier alpha value is -3.02. The zero-order valence-electron chi connectivity index (χ0n) is 16.9. The summed E-state index contributed by atoms with van der Waals surface area (Å²) in [5.41, 5.74) is 3.14. The molecule has 4 rings (SSSR count). The molecule has 0 bridgehead atoms. The van der Waals surface area contributed by atoms with E-state index in [4.69, 9.17) is 10.1 Å². The van der Waals surface area contributed by atoms with Gasteiger partial charge in [0.2, 0.25) is 5.91 Å². The Balaban J connectivity index is 1.60. The van der Waals surface area contributed by atoms with Crippen molar-refractivity contribution in [3.63, 3.8) is 0 Å². The number of hydrogen-bond donors (Lipinski definition) is 0. The molecule has 2 aromatic heterocycles. The van der Waals surface area contributed by atoms with Crippen LogP contribution in [0, 0.1) is 6.92 Å². The number of likely N-dealkylation sites (tertiary alicyclic amines) is 1. The van der Waals surface area contributed by atoms with Crippen LogP contribution in [0.5, 0.6) is 0 Å². The molecule has 1 fully saturated rings. The lowest BCUT2D eigenvalue weighted by Gasteiger charge is -2.20. The lowest BCUT2D eigenvalue weighted by Crippen LogP contribution is -2.31. The van der Waals surface area contributed by atoms with E-state index in [-0.39, 0.29) is 5.91 Å². The van der Waals surface area contributed by atoms with Crippen molar-refractivity contribution >= 4 is 5.91 Å². The second-order valence-electron chi connectivity index (χ2n) is 7.62. The van der Waals surface area contributed by atoms with E-state index in [0.29, 0.717) is 13.0 Å². The van der Waals surface area contributed by atoms with Crippen LogP contribution in [0.2, 0.25) is 0 Å². The molecule has 1 saturated heterocycles. The van der Waals surface area contributed by atoms with Crippen LogP contribution in [-0.4, -0.2) is 37.1 Å². The van der Waals surface area contributed by atoms with Crippen molar-refractivity contribution in [3.05, 3.63) is 71.6 Å². The van der Waals surface area contributed by atoms with Crippen molar-refractivity contribution in [1.29, 1.82) is 0 Å². The summed E-state index contributed by atoms with van der Waals surface area (Å²) in [7, 11) is 0. The predicted octanol–water partition coefficient (Wildman–Crippen LogP) is 3.66. The molecule has 1 amide bonds.